The normalized spacial score (nSPS) is 10.5. The van der Waals surface area contributed by atoms with Gasteiger partial charge in [-0.05, 0) is 56.3 Å². The number of ether oxygens (including phenoxy) is 2. The van der Waals surface area contributed by atoms with Gasteiger partial charge in [0.25, 0.3) is 5.91 Å². The van der Waals surface area contributed by atoms with Crippen LogP contribution in [0.5, 0.6) is 5.75 Å². The Bertz CT molecular complexity index is 865. The minimum absolute atomic E-state index is 0.0288. The summed E-state index contributed by atoms with van der Waals surface area (Å²) in [6, 6.07) is 10.9. The van der Waals surface area contributed by atoms with Crippen LogP contribution in [-0.4, -0.2) is 36.9 Å². The van der Waals surface area contributed by atoms with Crippen molar-refractivity contribution in [2.75, 3.05) is 13.2 Å². The highest BCUT2D eigenvalue weighted by Crippen LogP contribution is 2.22. The van der Waals surface area contributed by atoms with Gasteiger partial charge >= 0.3 is 5.97 Å². The largest absolute Gasteiger partial charge is 0.491 e. The van der Waals surface area contributed by atoms with Gasteiger partial charge in [0, 0.05) is 11.1 Å². The summed E-state index contributed by atoms with van der Waals surface area (Å²) in [4.78, 5) is 35.8. The molecule has 0 radical (unpaired) electrons. The van der Waals surface area contributed by atoms with E-state index in [9.17, 15) is 14.4 Å². The van der Waals surface area contributed by atoms with E-state index in [1.165, 1.54) is 18.2 Å². The van der Waals surface area contributed by atoms with Gasteiger partial charge in [-0.15, -0.1) is 0 Å². The Morgan fingerprint density at radius 2 is 1.61 bits per heavy atom. The van der Waals surface area contributed by atoms with Crippen LogP contribution in [0.15, 0.2) is 42.5 Å². The maximum atomic E-state index is 12.1. The average Bonchev–Trinajstić information content (AvgIpc) is 2.66. The van der Waals surface area contributed by atoms with Crippen LogP contribution in [0.25, 0.3) is 0 Å². The van der Waals surface area contributed by atoms with Crippen molar-refractivity contribution in [3.8, 4) is 5.75 Å². The molecule has 0 saturated carbocycles. The Kier molecular flexibility index (Phi) is 7.84. The minimum atomic E-state index is -0.735. The Balaban J connectivity index is 1.79. The number of esters is 1. The molecule has 0 heterocycles. The Morgan fingerprint density at radius 1 is 0.964 bits per heavy atom. The fourth-order valence-corrected chi connectivity index (χ4v) is 2.46. The van der Waals surface area contributed by atoms with E-state index in [0.29, 0.717) is 16.3 Å². The third-order valence-corrected chi connectivity index (χ3v) is 4.23. The van der Waals surface area contributed by atoms with Gasteiger partial charge in [0.15, 0.2) is 12.4 Å². The Labute approximate surface area is 172 Å². The van der Waals surface area contributed by atoms with Gasteiger partial charge in [0.2, 0.25) is 0 Å². The molecule has 1 N–H and O–H groups in total. The van der Waals surface area contributed by atoms with Crippen LogP contribution in [0.4, 0.5) is 0 Å². The molecule has 28 heavy (non-hydrogen) atoms. The molecule has 0 spiro atoms. The zero-order valence-electron chi connectivity index (χ0n) is 15.3. The first-order valence-electron chi connectivity index (χ1n) is 8.45. The first kappa shape index (κ1) is 21.7. The molecule has 0 saturated heterocycles. The highest BCUT2D eigenvalue weighted by molar-refractivity contribution is 6.42. The first-order valence-corrected chi connectivity index (χ1v) is 9.20. The number of carbonyl (C=O) groups excluding carboxylic acids is 3. The zero-order valence-corrected chi connectivity index (χ0v) is 16.8. The van der Waals surface area contributed by atoms with E-state index in [2.05, 4.69) is 5.32 Å². The van der Waals surface area contributed by atoms with Gasteiger partial charge in [0.1, 0.15) is 12.3 Å². The van der Waals surface area contributed by atoms with Gasteiger partial charge in [-0.2, -0.15) is 0 Å². The van der Waals surface area contributed by atoms with Gasteiger partial charge in [-0.3, -0.25) is 14.4 Å². The molecule has 0 fully saturated rings. The maximum Gasteiger partial charge on any atom is 0.325 e. The van der Waals surface area contributed by atoms with E-state index in [1.54, 1.807) is 24.3 Å². The number of amides is 1. The van der Waals surface area contributed by atoms with Crippen LogP contribution in [0, 0.1) is 0 Å². The molecule has 2 aromatic rings. The highest BCUT2D eigenvalue weighted by atomic mass is 35.5. The molecule has 6 nitrogen and oxygen atoms in total. The molecule has 0 aromatic heterocycles. The summed E-state index contributed by atoms with van der Waals surface area (Å²) in [5.74, 6) is -0.962. The van der Waals surface area contributed by atoms with Crippen molar-refractivity contribution in [2.24, 2.45) is 0 Å². The second-order valence-electron chi connectivity index (χ2n) is 6.09. The predicted octanol–water partition coefficient (Wildman–Crippen LogP) is 3.94. The average molecular weight is 424 g/mol. The second kappa shape index (κ2) is 10.1. The van der Waals surface area contributed by atoms with Gasteiger partial charge in [-0.1, -0.05) is 23.2 Å². The number of nitrogens with one attached hydrogen (secondary N) is 1. The fraction of sp³-hybridized carbons (Fsp3) is 0.250. The lowest BCUT2D eigenvalue weighted by atomic mass is 10.1. The van der Waals surface area contributed by atoms with Crippen molar-refractivity contribution in [3.63, 3.8) is 0 Å². The van der Waals surface area contributed by atoms with Crippen LogP contribution in [-0.2, 0) is 9.53 Å². The van der Waals surface area contributed by atoms with Gasteiger partial charge in [-0.25, -0.2) is 0 Å². The van der Waals surface area contributed by atoms with Crippen LogP contribution in [0.1, 0.15) is 34.6 Å². The highest BCUT2D eigenvalue weighted by Gasteiger charge is 2.13. The van der Waals surface area contributed by atoms with E-state index < -0.39 is 24.3 Å². The van der Waals surface area contributed by atoms with Crippen molar-refractivity contribution in [1.82, 2.24) is 5.32 Å². The quantitative estimate of drug-likeness (QED) is 0.513. The molecule has 1 amide bonds. The number of carbonyl (C=O) groups is 3. The molecule has 0 aliphatic heterocycles. The monoisotopic (exact) mass is 423 g/mol. The van der Waals surface area contributed by atoms with Crippen LogP contribution in [0.2, 0.25) is 10.0 Å². The fourth-order valence-electron chi connectivity index (χ4n) is 2.16. The number of benzene rings is 2. The zero-order chi connectivity index (χ0) is 20.7. The standard InChI is InChI=1S/C20H19Cl2NO5/c1-12(2)28-15-6-3-13(4-7-15)20(26)23-10-19(25)27-11-18(24)14-5-8-16(21)17(22)9-14/h3-9,12H,10-11H2,1-2H3,(H,23,26). The summed E-state index contributed by atoms with van der Waals surface area (Å²) in [5.41, 5.74) is 0.644. The molecule has 2 rings (SSSR count). The summed E-state index contributed by atoms with van der Waals surface area (Å²) < 4.78 is 10.4. The molecule has 0 bridgehead atoms. The molecule has 2 aromatic carbocycles. The number of halogens is 2. The summed E-state index contributed by atoms with van der Waals surface area (Å²) >= 11 is 11.6. The molecule has 0 atom stereocenters. The molecule has 0 aliphatic carbocycles. The van der Waals surface area contributed by atoms with Crippen LogP contribution < -0.4 is 10.1 Å². The van der Waals surface area contributed by atoms with Crippen molar-refractivity contribution in [1.29, 1.82) is 0 Å². The molecule has 0 unspecified atom stereocenters. The summed E-state index contributed by atoms with van der Waals surface area (Å²) in [7, 11) is 0. The second-order valence-corrected chi connectivity index (χ2v) is 6.90. The first-order chi connectivity index (χ1) is 13.3. The molecular formula is C20H19Cl2NO5. The third-order valence-electron chi connectivity index (χ3n) is 3.49. The van der Waals surface area contributed by atoms with E-state index in [-0.39, 0.29) is 23.2 Å². The maximum absolute atomic E-state index is 12.1. The lowest BCUT2D eigenvalue weighted by molar-refractivity contribution is -0.141. The third kappa shape index (κ3) is 6.55. The summed E-state index contributed by atoms with van der Waals surface area (Å²) in [6.45, 7) is 2.97. The summed E-state index contributed by atoms with van der Waals surface area (Å²) in [6.07, 6.45) is 0.0288. The van der Waals surface area contributed by atoms with Crippen molar-refractivity contribution < 1.29 is 23.9 Å². The minimum Gasteiger partial charge on any atom is -0.491 e. The topological polar surface area (TPSA) is 81.7 Å². The number of Topliss-reactive ketones (excluding diaryl/α,β-unsaturated/α-hetero) is 1. The van der Waals surface area contributed by atoms with E-state index in [4.69, 9.17) is 32.7 Å². The Hall–Kier alpha value is -2.57. The SMILES string of the molecule is CC(C)Oc1ccc(C(=O)NCC(=O)OCC(=O)c2ccc(Cl)c(Cl)c2)cc1. The smallest absolute Gasteiger partial charge is 0.325 e. The molecule has 148 valence electrons. The number of hydrogen-bond donors (Lipinski definition) is 1. The lowest BCUT2D eigenvalue weighted by Crippen LogP contribution is -2.31. The summed E-state index contributed by atoms with van der Waals surface area (Å²) in [5, 5.41) is 2.99. The van der Waals surface area contributed by atoms with Gasteiger partial charge in [0.05, 0.1) is 16.1 Å². The van der Waals surface area contributed by atoms with Crippen molar-refractivity contribution >= 4 is 40.9 Å². The van der Waals surface area contributed by atoms with Crippen LogP contribution >= 0.6 is 23.2 Å². The predicted molar refractivity (Wildman–Crippen MR) is 106 cm³/mol. The molecule has 8 heteroatoms. The number of rotatable bonds is 8. The van der Waals surface area contributed by atoms with Crippen molar-refractivity contribution in [2.45, 2.75) is 20.0 Å². The van der Waals surface area contributed by atoms with E-state index in [0.717, 1.165) is 0 Å². The molecular weight excluding hydrogens is 405 g/mol. The Morgan fingerprint density at radius 3 is 2.21 bits per heavy atom. The lowest BCUT2D eigenvalue weighted by Gasteiger charge is -2.10. The van der Waals surface area contributed by atoms with Crippen molar-refractivity contribution in [3.05, 3.63) is 63.6 Å². The van der Waals surface area contributed by atoms with Gasteiger partial charge < -0.3 is 14.8 Å². The van der Waals surface area contributed by atoms with Crippen LogP contribution in [0.3, 0.4) is 0 Å². The number of hydrogen-bond acceptors (Lipinski definition) is 5. The van der Waals surface area contributed by atoms with E-state index in [1.807, 2.05) is 13.8 Å². The van der Waals surface area contributed by atoms with E-state index >= 15 is 0 Å². The number of ketones is 1. The molecule has 0 aliphatic rings.